The number of hydrogen-bond donors (Lipinski definition) is 0. The van der Waals surface area contributed by atoms with E-state index in [0.29, 0.717) is 41.2 Å². The fraction of sp³-hybridized carbons (Fsp3) is 0.409. The second-order valence-corrected chi connectivity index (χ2v) is 7.86. The Morgan fingerprint density at radius 3 is 2.48 bits per heavy atom. The van der Waals surface area contributed by atoms with Gasteiger partial charge in [-0.3, -0.25) is 15.0 Å². The molecule has 174 valence electrons. The molecule has 11 nitrogen and oxygen atoms in total. The van der Waals surface area contributed by atoms with Crippen LogP contribution in [-0.4, -0.2) is 57.5 Å². The van der Waals surface area contributed by atoms with E-state index in [1.165, 1.54) is 21.3 Å². The van der Waals surface area contributed by atoms with E-state index in [1.54, 1.807) is 12.1 Å². The summed E-state index contributed by atoms with van der Waals surface area (Å²) in [5.41, 5.74) is 1.76. The summed E-state index contributed by atoms with van der Waals surface area (Å²) < 4.78 is 33.3. The minimum atomic E-state index is -0.759. The highest BCUT2D eigenvalue weighted by atomic mass is 16.7. The molecule has 33 heavy (non-hydrogen) atoms. The molecule has 3 aliphatic heterocycles. The zero-order valence-electron chi connectivity index (χ0n) is 18.5. The molecule has 0 saturated heterocycles. The Hall–Kier alpha value is -3.73. The molecule has 3 heterocycles. The van der Waals surface area contributed by atoms with E-state index in [0.717, 1.165) is 0 Å². The maximum Gasteiger partial charge on any atom is 0.343 e. The first-order valence-electron chi connectivity index (χ1n) is 10.3. The molecule has 2 aromatic rings. The summed E-state index contributed by atoms with van der Waals surface area (Å²) in [4.78, 5) is 26.5. The van der Waals surface area contributed by atoms with Crippen molar-refractivity contribution in [3.63, 3.8) is 0 Å². The summed E-state index contributed by atoms with van der Waals surface area (Å²) in [6.45, 7) is 0.353. The van der Waals surface area contributed by atoms with Crippen molar-refractivity contribution >= 4 is 11.7 Å². The van der Waals surface area contributed by atoms with Gasteiger partial charge in [0, 0.05) is 23.2 Å². The van der Waals surface area contributed by atoms with Crippen molar-refractivity contribution in [3.8, 4) is 28.7 Å². The monoisotopic (exact) mass is 458 g/mol. The Kier molecular flexibility index (Phi) is 4.93. The Balaban J connectivity index is 1.75. The summed E-state index contributed by atoms with van der Waals surface area (Å²) in [6, 6.07) is 2.89. The molecule has 5 rings (SSSR count). The van der Waals surface area contributed by atoms with Crippen LogP contribution in [0.15, 0.2) is 12.1 Å². The van der Waals surface area contributed by atoms with Gasteiger partial charge in [0.2, 0.25) is 18.3 Å². The van der Waals surface area contributed by atoms with Gasteiger partial charge < -0.3 is 28.4 Å². The normalized spacial score (nSPS) is 20.7. The van der Waals surface area contributed by atoms with Crippen LogP contribution in [0.25, 0.3) is 0 Å². The minimum absolute atomic E-state index is 0.0640. The fourth-order valence-corrected chi connectivity index (χ4v) is 5.00. The van der Waals surface area contributed by atoms with Gasteiger partial charge in [0.25, 0.3) is 0 Å². The van der Waals surface area contributed by atoms with Crippen LogP contribution >= 0.6 is 0 Å². The molecule has 0 aromatic heterocycles. The number of likely N-dealkylation sites (N-methyl/N-ethyl adjacent to an activating group) is 1. The first kappa shape index (κ1) is 21.1. The van der Waals surface area contributed by atoms with Crippen molar-refractivity contribution in [2.24, 2.45) is 0 Å². The van der Waals surface area contributed by atoms with Crippen molar-refractivity contribution in [1.82, 2.24) is 4.90 Å². The van der Waals surface area contributed by atoms with Gasteiger partial charge in [0.15, 0.2) is 17.2 Å². The maximum atomic E-state index is 12.9. The van der Waals surface area contributed by atoms with E-state index in [1.807, 2.05) is 11.9 Å². The zero-order valence-corrected chi connectivity index (χ0v) is 18.5. The number of carbonyl (C=O) groups is 1. The molecule has 0 amide bonds. The number of esters is 1. The number of benzene rings is 2. The van der Waals surface area contributed by atoms with Gasteiger partial charge in [-0.1, -0.05) is 6.07 Å². The topological polar surface area (TPSA) is 119 Å². The molecule has 0 radical (unpaired) electrons. The standard InChI is InChI=1S/C22H22N2O9/c1-23-8-7-10-13(19(30-4)21-20(31-9-32-21)15(10)24(26)27)16(23)17-11-5-6-12(28-2)18(29-3)14(11)22(25)33-17/h5-6,16-17H,7-9H2,1-4H3/t16-,17?/m1/s1. The molecular weight excluding hydrogens is 436 g/mol. The highest BCUT2D eigenvalue weighted by Crippen LogP contribution is 2.58. The van der Waals surface area contributed by atoms with Crippen LogP contribution in [0, 0.1) is 10.1 Å². The average Bonchev–Trinajstić information content (AvgIpc) is 3.41. The molecular formula is C22H22N2O9. The van der Waals surface area contributed by atoms with Gasteiger partial charge in [0.1, 0.15) is 11.7 Å². The summed E-state index contributed by atoms with van der Waals surface area (Å²) in [5, 5.41) is 12.0. The Labute approximate surface area is 188 Å². The number of nitrogens with zero attached hydrogens (tertiary/aromatic N) is 2. The molecule has 2 aromatic carbocycles. The SMILES string of the molecule is COc1ccc2c(c1OC)C(=O)OC2[C@H]1c2c(c([N+](=O)[O-])c3c(c2OC)OCO3)CCN1C. The van der Waals surface area contributed by atoms with Crippen molar-refractivity contribution < 1.29 is 38.1 Å². The van der Waals surface area contributed by atoms with Gasteiger partial charge in [-0.15, -0.1) is 0 Å². The lowest BCUT2D eigenvalue weighted by Gasteiger charge is -2.38. The first-order valence-corrected chi connectivity index (χ1v) is 10.3. The van der Waals surface area contributed by atoms with Crippen LogP contribution in [0.1, 0.15) is 39.2 Å². The van der Waals surface area contributed by atoms with Gasteiger partial charge in [-0.2, -0.15) is 0 Å². The molecule has 0 saturated carbocycles. The Morgan fingerprint density at radius 1 is 1.09 bits per heavy atom. The third-order valence-corrected chi connectivity index (χ3v) is 6.37. The fourth-order valence-electron chi connectivity index (χ4n) is 5.00. The average molecular weight is 458 g/mol. The lowest BCUT2D eigenvalue weighted by atomic mass is 9.84. The highest BCUT2D eigenvalue weighted by molar-refractivity contribution is 5.98. The van der Waals surface area contributed by atoms with Crippen LogP contribution < -0.4 is 23.7 Å². The van der Waals surface area contributed by atoms with Gasteiger partial charge >= 0.3 is 11.7 Å². The second-order valence-electron chi connectivity index (χ2n) is 7.86. The number of nitro groups is 1. The highest BCUT2D eigenvalue weighted by Gasteiger charge is 2.49. The Morgan fingerprint density at radius 2 is 1.82 bits per heavy atom. The molecule has 1 unspecified atom stereocenters. The van der Waals surface area contributed by atoms with Crippen LogP contribution in [0.4, 0.5) is 5.69 Å². The lowest BCUT2D eigenvalue weighted by molar-refractivity contribution is -0.386. The largest absolute Gasteiger partial charge is 0.493 e. The lowest BCUT2D eigenvalue weighted by Crippen LogP contribution is -2.36. The quantitative estimate of drug-likeness (QED) is 0.376. The zero-order chi connectivity index (χ0) is 23.4. The molecule has 3 aliphatic rings. The van der Waals surface area contributed by atoms with Crippen LogP contribution in [0.2, 0.25) is 0 Å². The number of fused-ring (bicyclic) bond motifs is 3. The van der Waals surface area contributed by atoms with E-state index in [2.05, 4.69) is 0 Å². The summed E-state index contributed by atoms with van der Waals surface area (Å²) in [7, 11) is 6.28. The van der Waals surface area contributed by atoms with Crippen molar-refractivity contribution in [1.29, 1.82) is 0 Å². The predicted octanol–water partition coefficient (Wildman–Crippen LogP) is 2.79. The van der Waals surface area contributed by atoms with E-state index in [9.17, 15) is 14.9 Å². The molecule has 2 atom stereocenters. The third-order valence-electron chi connectivity index (χ3n) is 6.37. The molecule has 0 bridgehead atoms. The van der Waals surface area contributed by atoms with Crippen molar-refractivity contribution in [2.75, 3.05) is 41.7 Å². The summed E-state index contributed by atoms with van der Waals surface area (Å²) in [6.07, 6.45) is -0.365. The van der Waals surface area contributed by atoms with Gasteiger partial charge in [-0.05, 0) is 19.5 Å². The number of nitro benzene ring substituents is 1. The van der Waals surface area contributed by atoms with Crippen molar-refractivity contribution in [2.45, 2.75) is 18.6 Å². The Bertz CT molecular complexity index is 1180. The van der Waals surface area contributed by atoms with Crippen LogP contribution in [-0.2, 0) is 11.2 Å². The molecule has 0 spiro atoms. The second kappa shape index (κ2) is 7.69. The number of methoxy groups -OCH3 is 3. The molecule has 0 fully saturated rings. The van der Waals surface area contributed by atoms with Crippen LogP contribution in [0.3, 0.4) is 0 Å². The van der Waals surface area contributed by atoms with E-state index in [-0.39, 0.29) is 35.3 Å². The third kappa shape index (κ3) is 2.88. The number of rotatable bonds is 5. The van der Waals surface area contributed by atoms with Gasteiger partial charge in [0.05, 0.1) is 32.3 Å². The number of ether oxygens (including phenoxy) is 6. The van der Waals surface area contributed by atoms with Crippen molar-refractivity contribution in [3.05, 3.63) is 44.5 Å². The number of hydrogen-bond acceptors (Lipinski definition) is 10. The first-order chi connectivity index (χ1) is 15.9. The molecule has 11 heteroatoms. The smallest absolute Gasteiger partial charge is 0.343 e. The van der Waals surface area contributed by atoms with E-state index in [4.69, 9.17) is 28.4 Å². The van der Waals surface area contributed by atoms with E-state index < -0.39 is 23.0 Å². The number of carbonyl (C=O) groups excluding carboxylic acids is 1. The predicted molar refractivity (Wildman–Crippen MR) is 113 cm³/mol. The molecule has 0 aliphatic carbocycles. The maximum absolute atomic E-state index is 12.9. The minimum Gasteiger partial charge on any atom is -0.493 e. The summed E-state index contributed by atoms with van der Waals surface area (Å²) >= 11 is 0. The molecule has 0 N–H and O–H groups in total. The van der Waals surface area contributed by atoms with Crippen LogP contribution in [0.5, 0.6) is 28.7 Å². The van der Waals surface area contributed by atoms with E-state index >= 15 is 0 Å². The summed E-state index contributed by atoms with van der Waals surface area (Å²) in [5.74, 6) is 0.715. The number of cyclic esters (lactones) is 1. The van der Waals surface area contributed by atoms with Gasteiger partial charge in [-0.25, -0.2) is 4.79 Å².